The Morgan fingerprint density at radius 1 is 1.35 bits per heavy atom. The number of pyridine rings is 1. The van der Waals surface area contributed by atoms with Gasteiger partial charge in [0.2, 0.25) is 0 Å². The van der Waals surface area contributed by atoms with Crippen molar-refractivity contribution in [2.45, 2.75) is 25.7 Å². The van der Waals surface area contributed by atoms with E-state index >= 15 is 0 Å². The highest BCUT2D eigenvalue weighted by Crippen LogP contribution is 2.47. The Morgan fingerprint density at radius 2 is 2.13 bits per heavy atom. The van der Waals surface area contributed by atoms with Crippen LogP contribution >= 0.6 is 11.6 Å². The Labute approximate surface area is 140 Å². The highest BCUT2D eigenvalue weighted by molar-refractivity contribution is 6.33. The summed E-state index contributed by atoms with van der Waals surface area (Å²) in [7, 11) is 1.60. The number of hydrogen-bond acceptors (Lipinski definition) is 4. The lowest BCUT2D eigenvalue weighted by atomic mass is 10.0. The molecule has 0 atom stereocenters. The third kappa shape index (κ3) is 3.32. The maximum absolute atomic E-state index is 11.9. The van der Waals surface area contributed by atoms with Crippen molar-refractivity contribution in [3.8, 4) is 17.0 Å². The fraction of sp³-hybridized carbons (Fsp3) is 0.333. The molecule has 1 aromatic heterocycles. The van der Waals surface area contributed by atoms with Crippen molar-refractivity contribution < 1.29 is 14.3 Å². The van der Waals surface area contributed by atoms with E-state index in [1.54, 1.807) is 32.4 Å². The summed E-state index contributed by atoms with van der Waals surface area (Å²) in [5, 5.41) is 0.667. The average Bonchev–Trinajstić information content (AvgIpc) is 3.40. The molecule has 3 rings (SSSR count). The summed E-state index contributed by atoms with van der Waals surface area (Å²) in [6, 6.07) is 7.28. The first-order valence-electron chi connectivity index (χ1n) is 7.65. The van der Waals surface area contributed by atoms with E-state index in [0.29, 0.717) is 34.6 Å². The Kier molecular flexibility index (Phi) is 4.53. The number of aromatic nitrogens is 1. The molecule has 0 bridgehead atoms. The highest BCUT2D eigenvalue weighted by atomic mass is 35.5. The predicted molar refractivity (Wildman–Crippen MR) is 89.2 cm³/mol. The van der Waals surface area contributed by atoms with Crippen LogP contribution in [0.2, 0.25) is 5.02 Å². The number of rotatable bonds is 5. The second-order valence-corrected chi connectivity index (χ2v) is 5.88. The van der Waals surface area contributed by atoms with Crippen LogP contribution < -0.4 is 4.74 Å². The fourth-order valence-electron chi connectivity index (χ4n) is 2.54. The predicted octanol–water partition coefficient (Wildman–Crippen LogP) is 4.46. The average molecular weight is 332 g/mol. The maximum atomic E-state index is 11.9. The number of nitrogens with zero attached hydrogens (tertiary/aromatic N) is 1. The van der Waals surface area contributed by atoms with Crippen molar-refractivity contribution in [3.63, 3.8) is 0 Å². The summed E-state index contributed by atoms with van der Waals surface area (Å²) in [5.74, 6) is 0.776. The van der Waals surface area contributed by atoms with E-state index < -0.39 is 0 Å². The zero-order valence-electron chi connectivity index (χ0n) is 13.1. The molecule has 1 fully saturated rings. The quantitative estimate of drug-likeness (QED) is 0.759. The molecule has 23 heavy (non-hydrogen) atoms. The lowest BCUT2D eigenvalue weighted by Gasteiger charge is -2.12. The first kappa shape index (κ1) is 15.8. The molecule has 1 aliphatic rings. The number of ether oxygens (including phenoxy) is 2. The van der Waals surface area contributed by atoms with Crippen LogP contribution in [0, 0.1) is 0 Å². The zero-order valence-corrected chi connectivity index (χ0v) is 13.9. The van der Waals surface area contributed by atoms with E-state index in [9.17, 15) is 4.79 Å². The van der Waals surface area contributed by atoms with Gasteiger partial charge in [0.1, 0.15) is 5.75 Å². The number of halogens is 1. The van der Waals surface area contributed by atoms with Gasteiger partial charge < -0.3 is 9.47 Å². The van der Waals surface area contributed by atoms with Gasteiger partial charge in [-0.3, -0.25) is 4.98 Å². The van der Waals surface area contributed by atoms with Crippen molar-refractivity contribution in [2.75, 3.05) is 13.7 Å². The summed E-state index contributed by atoms with van der Waals surface area (Å²) in [6.45, 7) is 2.13. The van der Waals surface area contributed by atoms with Crippen molar-refractivity contribution in [1.82, 2.24) is 4.98 Å². The van der Waals surface area contributed by atoms with Crippen molar-refractivity contribution in [1.29, 1.82) is 0 Å². The van der Waals surface area contributed by atoms with Crippen LogP contribution in [0.15, 0.2) is 30.5 Å². The third-order valence-electron chi connectivity index (χ3n) is 3.87. The molecular formula is C18H18ClNO3. The van der Waals surface area contributed by atoms with E-state index in [0.717, 1.165) is 24.0 Å². The minimum absolute atomic E-state index is 0.344. The Balaban J connectivity index is 2.03. The molecule has 5 heteroatoms. The molecule has 0 radical (unpaired) electrons. The molecule has 4 nitrogen and oxygen atoms in total. The minimum atomic E-state index is -0.348. The van der Waals surface area contributed by atoms with Crippen molar-refractivity contribution >= 4 is 17.6 Å². The second kappa shape index (κ2) is 6.59. The number of carbonyl (C=O) groups excluding carboxylic acids is 1. The molecule has 2 aromatic rings. The molecule has 1 saturated carbocycles. The van der Waals surface area contributed by atoms with Gasteiger partial charge >= 0.3 is 5.97 Å². The lowest BCUT2D eigenvalue weighted by molar-refractivity contribution is 0.0526. The highest BCUT2D eigenvalue weighted by Gasteiger charge is 2.28. The van der Waals surface area contributed by atoms with Gasteiger partial charge in [0.25, 0.3) is 0 Å². The minimum Gasteiger partial charge on any atom is -0.495 e. The van der Waals surface area contributed by atoms with E-state index in [-0.39, 0.29) is 5.97 Å². The van der Waals surface area contributed by atoms with E-state index in [1.807, 2.05) is 12.1 Å². The number of esters is 1. The van der Waals surface area contributed by atoms with Crippen molar-refractivity contribution in [2.24, 2.45) is 0 Å². The van der Waals surface area contributed by atoms with Gasteiger partial charge in [-0.05, 0) is 55.5 Å². The molecule has 0 amide bonds. The van der Waals surface area contributed by atoms with Gasteiger partial charge in [-0.1, -0.05) is 11.6 Å². The van der Waals surface area contributed by atoms with Crippen LogP contribution in [0.5, 0.6) is 5.75 Å². The summed E-state index contributed by atoms with van der Waals surface area (Å²) in [5.41, 5.74) is 3.16. The zero-order chi connectivity index (χ0) is 16.4. The smallest absolute Gasteiger partial charge is 0.338 e. The lowest BCUT2D eigenvalue weighted by Crippen LogP contribution is -2.05. The van der Waals surface area contributed by atoms with E-state index in [1.165, 1.54) is 0 Å². The van der Waals surface area contributed by atoms with Gasteiger partial charge in [-0.25, -0.2) is 4.79 Å². The largest absolute Gasteiger partial charge is 0.495 e. The SMILES string of the molecule is CCOC(=O)c1ccnc(-c2cc(OC)c(Cl)c(C3CC3)c2)c1. The fourth-order valence-corrected chi connectivity index (χ4v) is 2.88. The monoisotopic (exact) mass is 331 g/mol. The van der Waals surface area contributed by atoms with Crippen LogP contribution in [0.1, 0.15) is 41.6 Å². The van der Waals surface area contributed by atoms with Crippen molar-refractivity contribution in [3.05, 3.63) is 46.6 Å². The van der Waals surface area contributed by atoms with Crippen LogP contribution in [-0.4, -0.2) is 24.7 Å². The van der Waals surface area contributed by atoms with Gasteiger partial charge in [0.05, 0.1) is 30.0 Å². The Morgan fingerprint density at radius 3 is 2.78 bits per heavy atom. The van der Waals surface area contributed by atoms with Crippen LogP contribution in [0.25, 0.3) is 11.3 Å². The second-order valence-electron chi connectivity index (χ2n) is 5.51. The van der Waals surface area contributed by atoms with Crippen LogP contribution in [-0.2, 0) is 4.74 Å². The first-order chi connectivity index (χ1) is 11.1. The first-order valence-corrected chi connectivity index (χ1v) is 8.02. The third-order valence-corrected chi connectivity index (χ3v) is 4.28. The molecule has 120 valence electrons. The summed E-state index contributed by atoms with van der Waals surface area (Å²) < 4.78 is 10.4. The van der Waals surface area contributed by atoms with Gasteiger partial charge in [0, 0.05) is 11.8 Å². The number of hydrogen-bond donors (Lipinski definition) is 0. The Hall–Kier alpha value is -2.07. The molecule has 1 aliphatic carbocycles. The summed E-state index contributed by atoms with van der Waals surface area (Å²) >= 11 is 6.41. The van der Waals surface area contributed by atoms with Crippen LogP contribution in [0.3, 0.4) is 0 Å². The van der Waals surface area contributed by atoms with E-state index in [4.69, 9.17) is 21.1 Å². The summed E-state index contributed by atoms with van der Waals surface area (Å²) in [4.78, 5) is 16.3. The molecule has 1 heterocycles. The van der Waals surface area contributed by atoms with E-state index in [2.05, 4.69) is 4.98 Å². The summed E-state index contributed by atoms with van der Waals surface area (Å²) in [6.07, 6.45) is 3.89. The molecule has 0 aliphatic heterocycles. The molecule has 1 aromatic carbocycles. The molecule has 0 N–H and O–H groups in total. The molecule has 0 saturated heterocycles. The van der Waals surface area contributed by atoms with Crippen LogP contribution in [0.4, 0.5) is 0 Å². The number of methoxy groups -OCH3 is 1. The molecular weight excluding hydrogens is 314 g/mol. The van der Waals surface area contributed by atoms with Gasteiger partial charge in [-0.15, -0.1) is 0 Å². The maximum Gasteiger partial charge on any atom is 0.338 e. The molecule has 0 spiro atoms. The Bertz CT molecular complexity index is 741. The van der Waals surface area contributed by atoms with Gasteiger partial charge in [0.15, 0.2) is 0 Å². The standard InChI is InChI=1S/C18H18ClNO3/c1-3-23-18(21)12-6-7-20-15(9-12)13-8-14(11-4-5-11)17(19)16(10-13)22-2/h6-11H,3-5H2,1-2H3. The number of benzene rings is 1. The van der Waals surface area contributed by atoms with Gasteiger partial charge in [-0.2, -0.15) is 0 Å². The topological polar surface area (TPSA) is 48.4 Å². The number of carbonyl (C=O) groups is 1. The molecule has 0 unspecified atom stereocenters. The normalized spacial score (nSPS) is 13.7.